The zero-order valence-corrected chi connectivity index (χ0v) is 5.35. The average Bonchev–Trinajstić information content (AvgIpc) is 2.46. The van der Waals surface area contributed by atoms with Gasteiger partial charge in [-0.15, -0.1) is 0 Å². The summed E-state index contributed by atoms with van der Waals surface area (Å²) < 4.78 is 0. The van der Waals surface area contributed by atoms with Crippen molar-refractivity contribution in [2.75, 3.05) is 6.54 Å². The molecule has 1 aliphatic carbocycles. The lowest BCUT2D eigenvalue weighted by molar-refractivity contribution is 0.519. The van der Waals surface area contributed by atoms with Crippen LogP contribution < -0.4 is 5.32 Å². The molecule has 1 saturated carbocycles. The van der Waals surface area contributed by atoms with E-state index in [0.717, 1.165) is 17.9 Å². The molecule has 2 unspecified atom stereocenters. The Labute approximate surface area is 50.5 Å². The van der Waals surface area contributed by atoms with E-state index >= 15 is 0 Å². The molecule has 0 aromatic heterocycles. The molecule has 46 valence electrons. The number of rotatable bonds is 1. The zero-order chi connectivity index (χ0) is 5.56. The predicted molar refractivity (Wildman–Crippen MR) is 33.7 cm³/mol. The second-order valence-electron chi connectivity index (χ2n) is 3.08. The van der Waals surface area contributed by atoms with Gasteiger partial charge in [-0.1, -0.05) is 6.92 Å². The van der Waals surface area contributed by atoms with Gasteiger partial charge in [-0.05, 0) is 31.2 Å². The van der Waals surface area contributed by atoms with Crippen molar-refractivity contribution in [1.82, 2.24) is 5.32 Å². The van der Waals surface area contributed by atoms with Crippen LogP contribution in [0.2, 0.25) is 0 Å². The Morgan fingerprint density at radius 1 is 1.62 bits per heavy atom. The van der Waals surface area contributed by atoms with Crippen molar-refractivity contribution in [1.29, 1.82) is 0 Å². The maximum absolute atomic E-state index is 3.51. The lowest BCUT2D eigenvalue weighted by atomic mass is 10.1. The molecule has 3 atom stereocenters. The fourth-order valence-corrected chi connectivity index (χ4v) is 1.90. The Balaban J connectivity index is 1.97. The van der Waals surface area contributed by atoms with E-state index in [-0.39, 0.29) is 0 Å². The molecule has 1 saturated heterocycles. The molecule has 0 radical (unpaired) electrons. The summed E-state index contributed by atoms with van der Waals surface area (Å²) in [7, 11) is 0. The normalized spacial score (nSPS) is 51.4. The van der Waals surface area contributed by atoms with Crippen LogP contribution in [0.1, 0.15) is 19.8 Å². The van der Waals surface area contributed by atoms with Crippen LogP contribution in [-0.2, 0) is 0 Å². The Morgan fingerprint density at radius 3 is 2.75 bits per heavy atom. The van der Waals surface area contributed by atoms with E-state index in [4.69, 9.17) is 0 Å². The van der Waals surface area contributed by atoms with Crippen LogP contribution in [0, 0.1) is 11.8 Å². The standard InChI is InChI=1S/C7H13N/c1-2-7-6-3-5(6)4-8-7/h5-8H,2-4H2,1H3/t5?,6?,7-/m1/s1. The summed E-state index contributed by atoms with van der Waals surface area (Å²) in [6, 6.07) is 0.889. The van der Waals surface area contributed by atoms with E-state index in [1.54, 1.807) is 0 Å². The van der Waals surface area contributed by atoms with Crippen LogP contribution in [0.15, 0.2) is 0 Å². The van der Waals surface area contributed by atoms with Crippen molar-refractivity contribution >= 4 is 0 Å². The molecular formula is C7H13N. The molecule has 2 rings (SSSR count). The largest absolute Gasteiger partial charge is 0.313 e. The summed E-state index contributed by atoms with van der Waals surface area (Å²) >= 11 is 0. The van der Waals surface area contributed by atoms with Gasteiger partial charge in [0.1, 0.15) is 0 Å². The topological polar surface area (TPSA) is 12.0 Å². The van der Waals surface area contributed by atoms with Crippen molar-refractivity contribution in [2.24, 2.45) is 11.8 Å². The first-order chi connectivity index (χ1) is 3.92. The molecule has 8 heavy (non-hydrogen) atoms. The van der Waals surface area contributed by atoms with Crippen LogP contribution >= 0.6 is 0 Å². The van der Waals surface area contributed by atoms with Crippen LogP contribution in [-0.4, -0.2) is 12.6 Å². The first-order valence-corrected chi connectivity index (χ1v) is 3.65. The first kappa shape index (κ1) is 4.80. The second kappa shape index (κ2) is 1.47. The van der Waals surface area contributed by atoms with Gasteiger partial charge in [0, 0.05) is 6.04 Å². The van der Waals surface area contributed by atoms with E-state index < -0.39 is 0 Å². The molecule has 1 heteroatoms. The third-order valence-corrected chi connectivity index (χ3v) is 2.58. The van der Waals surface area contributed by atoms with Gasteiger partial charge < -0.3 is 5.32 Å². The lowest BCUT2D eigenvalue weighted by Crippen LogP contribution is -2.24. The third kappa shape index (κ3) is 0.510. The van der Waals surface area contributed by atoms with Crippen molar-refractivity contribution in [3.8, 4) is 0 Å². The highest BCUT2D eigenvalue weighted by atomic mass is 15.0. The minimum Gasteiger partial charge on any atom is -0.313 e. The fourth-order valence-electron chi connectivity index (χ4n) is 1.90. The van der Waals surface area contributed by atoms with E-state index in [1.165, 1.54) is 19.4 Å². The molecule has 2 aliphatic rings. The number of piperidine rings is 1. The minimum atomic E-state index is 0.889. The fraction of sp³-hybridized carbons (Fsp3) is 1.00. The van der Waals surface area contributed by atoms with Gasteiger partial charge in [0.05, 0.1) is 0 Å². The summed E-state index contributed by atoms with van der Waals surface area (Å²) in [6.07, 6.45) is 2.85. The summed E-state index contributed by atoms with van der Waals surface area (Å²) in [4.78, 5) is 0. The SMILES string of the molecule is CC[C@H]1NCC2CC21. The highest BCUT2D eigenvalue weighted by Gasteiger charge is 2.46. The number of fused-ring (bicyclic) bond motifs is 1. The van der Waals surface area contributed by atoms with Gasteiger partial charge >= 0.3 is 0 Å². The average molecular weight is 111 g/mol. The van der Waals surface area contributed by atoms with Gasteiger partial charge in [0.25, 0.3) is 0 Å². The number of hydrogen-bond acceptors (Lipinski definition) is 1. The quantitative estimate of drug-likeness (QED) is 0.532. The number of nitrogens with one attached hydrogen (secondary N) is 1. The van der Waals surface area contributed by atoms with Crippen LogP contribution in [0.3, 0.4) is 0 Å². The minimum absolute atomic E-state index is 0.889. The Bertz CT molecular complexity index is 101. The second-order valence-corrected chi connectivity index (χ2v) is 3.08. The summed E-state index contributed by atoms with van der Waals surface area (Å²) in [5, 5.41) is 3.51. The highest BCUT2D eigenvalue weighted by Crippen LogP contribution is 2.45. The molecule has 1 aliphatic heterocycles. The van der Waals surface area contributed by atoms with Crippen molar-refractivity contribution in [2.45, 2.75) is 25.8 Å². The van der Waals surface area contributed by atoms with Gasteiger partial charge in [-0.25, -0.2) is 0 Å². The highest BCUT2D eigenvalue weighted by molar-refractivity contribution is 5.01. The van der Waals surface area contributed by atoms with E-state index in [9.17, 15) is 0 Å². The lowest BCUT2D eigenvalue weighted by Gasteiger charge is -2.07. The molecule has 0 bridgehead atoms. The van der Waals surface area contributed by atoms with E-state index in [1.807, 2.05) is 0 Å². The predicted octanol–water partition coefficient (Wildman–Crippen LogP) is 1.00. The molecule has 0 spiro atoms. The first-order valence-electron chi connectivity index (χ1n) is 3.65. The molecular weight excluding hydrogens is 98.1 g/mol. The molecule has 0 aromatic rings. The molecule has 0 amide bonds. The maximum atomic E-state index is 3.51. The van der Waals surface area contributed by atoms with Gasteiger partial charge in [0.15, 0.2) is 0 Å². The summed E-state index contributed by atoms with van der Waals surface area (Å²) in [6.45, 7) is 3.58. The van der Waals surface area contributed by atoms with Crippen LogP contribution in [0.25, 0.3) is 0 Å². The summed E-state index contributed by atoms with van der Waals surface area (Å²) in [5.41, 5.74) is 0. The Kier molecular flexibility index (Phi) is 0.884. The smallest absolute Gasteiger partial charge is 0.00960 e. The van der Waals surface area contributed by atoms with Crippen molar-refractivity contribution < 1.29 is 0 Å². The van der Waals surface area contributed by atoms with Gasteiger partial charge in [-0.2, -0.15) is 0 Å². The monoisotopic (exact) mass is 111 g/mol. The van der Waals surface area contributed by atoms with Gasteiger partial charge in [-0.3, -0.25) is 0 Å². The summed E-state index contributed by atoms with van der Waals surface area (Å²) in [5.74, 6) is 2.17. The molecule has 2 fully saturated rings. The van der Waals surface area contributed by atoms with Crippen molar-refractivity contribution in [3.63, 3.8) is 0 Å². The van der Waals surface area contributed by atoms with E-state index in [0.29, 0.717) is 0 Å². The number of hydrogen-bond donors (Lipinski definition) is 1. The maximum Gasteiger partial charge on any atom is 0.00960 e. The third-order valence-electron chi connectivity index (χ3n) is 2.58. The van der Waals surface area contributed by atoms with Crippen molar-refractivity contribution in [3.05, 3.63) is 0 Å². The molecule has 0 aromatic carbocycles. The van der Waals surface area contributed by atoms with E-state index in [2.05, 4.69) is 12.2 Å². The Morgan fingerprint density at radius 2 is 2.50 bits per heavy atom. The van der Waals surface area contributed by atoms with Gasteiger partial charge in [0.2, 0.25) is 0 Å². The molecule has 1 nitrogen and oxygen atoms in total. The van der Waals surface area contributed by atoms with Crippen LogP contribution in [0.5, 0.6) is 0 Å². The Hall–Kier alpha value is -0.0400. The zero-order valence-electron chi connectivity index (χ0n) is 5.35. The molecule has 1 N–H and O–H groups in total. The van der Waals surface area contributed by atoms with Crippen LogP contribution in [0.4, 0.5) is 0 Å². The molecule has 1 heterocycles.